The molecule has 0 aliphatic carbocycles. The van der Waals surface area contributed by atoms with Gasteiger partial charge in [-0.2, -0.15) is 4.39 Å². The predicted molar refractivity (Wildman–Crippen MR) is 70.7 cm³/mol. The van der Waals surface area contributed by atoms with Gasteiger partial charge in [-0.1, -0.05) is 6.07 Å². The Morgan fingerprint density at radius 1 is 1.30 bits per heavy atom. The van der Waals surface area contributed by atoms with Crippen molar-refractivity contribution in [3.05, 3.63) is 59.2 Å². The summed E-state index contributed by atoms with van der Waals surface area (Å²) in [5.41, 5.74) is 1.99. The van der Waals surface area contributed by atoms with Gasteiger partial charge in [-0.05, 0) is 41.8 Å². The van der Waals surface area contributed by atoms with Crippen molar-refractivity contribution in [2.75, 3.05) is 6.54 Å². The van der Waals surface area contributed by atoms with Crippen LogP contribution in [0, 0.1) is 5.95 Å². The minimum atomic E-state index is -0.751. The second kappa shape index (κ2) is 4.92. The van der Waals surface area contributed by atoms with Crippen molar-refractivity contribution in [1.82, 2.24) is 9.88 Å². The van der Waals surface area contributed by atoms with Crippen LogP contribution in [-0.4, -0.2) is 27.4 Å². The van der Waals surface area contributed by atoms with Crippen LogP contribution in [0.15, 0.2) is 36.5 Å². The van der Waals surface area contributed by atoms with E-state index in [0.29, 0.717) is 19.5 Å². The van der Waals surface area contributed by atoms with Crippen LogP contribution >= 0.6 is 0 Å². The van der Waals surface area contributed by atoms with E-state index in [-0.39, 0.29) is 17.2 Å². The van der Waals surface area contributed by atoms with E-state index in [1.54, 1.807) is 23.1 Å². The largest absolute Gasteiger partial charge is 0.508 e. The average molecular weight is 272 g/mol. The van der Waals surface area contributed by atoms with Crippen LogP contribution in [0.1, 0.15) is 21.5 Å². The number of halogens is 1. The molecule has 0 saturated heterocycles. The highest BCUT2D eigenvalue weighted by molar-refractivity contribution is 5.94. The Morgan fingerprint density at radius 3 is 2.95 bits per heavy atom. The number of carbonyl (C=O) groups is 1. The lowest BCUT2D eigenvalue weighted by Crippen LogP contribution is -2.36. The highest BCUT2D eigenvalue weighted by Gasteiger charge is 2.24. The van der Waals surface area contributed by atoms with E-state index in [4.69, 9.17) is 0 Å². The van der Waals surface area contributed by atoms with Gasteiger partial charge in [0, 0.05) is 19.3 Å². The number of hydrogen-bond donors (Lipinski definition) is 1. The summed E-state index contributed by atoms with van der Waals surface area (Å²) >= 11 is 0. The van der Waals surface area contributed by atoms with E-state index < -0.39 is 5.95 Å². The van der Waals surface area contributed by atoms with Crippen LogP contribution in [0.2, 0.25) is 0 Å². The number of benzene rings is 1. The van der Waals surface area contributed by atoms with Gasteiger partial charge in [0.15, 0.2) is 0 Å². The van der Waals surface area contributed by atoms with Gasteiger partial charge in [-0.25, -0.2) is 4.98 Å². The molecule has 0 fully saturated rings. The first-order chi connectivity index (χ1) is 9.65. The summed E-state index contributed by atoms with van der Waals surface area (Å²) < 4.78 is 13.6. The van der Waals surface area contributed by atoms with Gasteiger partial charge in [0.1, 0.15) is 5.75 Å². The van der Waals surface area contributed by atoms with Gasteiger partial charge in [-0.3, -0.25) is 4.79 Å². The molecule has 0 saturated carbocycles. The third kappa shape index (κ3) is 2.22. The van der Waals surface area contributed by atoms with Crippen molar-refractivity contribution < 1.29 is 14.3 Å². The number of rotatable bonds is 1. The summed E-state index contributed by atoms with van der Waals surface area (Å²) in [4.78, 5) is 17.4. The second-order valence-electron chi connectivity index (χ2n) is 4.77. The van der Waals surface area contributed by atoms with Gasteiger partial charge in [0.05, 0.1) is 5.56 Å². The smallest absolute Gasteiger partial charge is 0.258 e. The maximum atomic E-state index is 13.6. The number of hydrogen-bond acceptors (Lipinski definition) is 3. The number of phenols is 1. The van der Waals surface area contributed by atoms with Crippen molar-refractivity contribution >= 4 is 5.91 Å². The van der Waals surface area contributed by atoms with Gasteiger partial charge >= 0.3 is 0 Å². The number of aromatic nitrogens is 1. The fourth-order valence-corrected chi connectivity index (χ4v) is 2.43. The molecule has 1 aliphatic heterocycles. The number of pyridine rings is 1. The quantitative estimate of drug-likeness (QED) is 0.809. The molecule has 1 amide bonds. The lowest BCUT2D eigenvalue weighted by atomic mass is 9.99. The molecule has 0 spiro atoms. The van der Waals surface area contributed by atoms with Crippen molar-refractivity contribution in [1.29, 1.82) is 0 Å². The summed E-state index contributed by atoms with van der Waals surface area (Å²) in [5.74, 6) is -0.950. The van der Waals surface area contributed by atoms with Gasteiger partial charge in [0.25, 0.3) is 5.91 Å². The van der Waals surface area contributed by atoms with E-state index in [1.807, 2.05) is 6.07 Å². The Morgan fingerprint density at radius 2 is 2.15 bits per heavy atom. The number of fused-ring (bicyclic) bond motifs is 1. The molecule has 1 N–H and O–H groups in total. The predicted octanol–water partition coefficient (Wildman–Crippen LogP) is 2.12. The van der Waals surface area contributed by atoms with Crippen molar-refractivity contribution in [2.24, 2.45) is 0 Å². The molecule has 2 heterocycles. The molecular formula is C15H13FN2O2. The molecule has 20 heavy (non-hydrogen) atoms. The summed E-state index contributed by atoms with van der Waals surface area (Å²) in [6.07, 6.45) is 2.01. The molecule has 5 heteroatoms. The number of amides is 1. The molecule has 4 nitrogen and oxygen atoms in total. The Bertz CT molecular complexity index is 673. The molecule has 0 bridgehead atoms. The van der Waals surface area contributed by atoms with Crippen LogP contribution < -0.4 is 0 Å². The van der Waals surface area contributed by atoms with Gasteiger partial charge in [-0.15, -0.1) is 0 Å². The maximum absolute atomic E-state index is 13.6. The molecule has 0 unspecified atom stereocenters. The Kier molecular flexibility index (Phi) is 3.10. The van der Waals surface area contributed by atoms with Crippen molar-refractivity contribution in [3.63, 3.8) is 0 Å². The summed E-state index contributed by atoms with van der Waals surface area (Å²) in [6.45, 7) is 0.905. The number of nitrogens with zero attached hydrogens (tertiary/aromatic N) is 2. The fourth-order valence-electron chi connectivity index (χ4n) is 2.43. The third-order valence-corrected chi connectivity index (χ3v) is 3.48. The standard InChI is InChI=1S/C15H13FN2O2/c16-14-13(2-1-6-17-14)15(20)18-7-5-10-3-4-12(19)8-11(10)9-18/h1-4,6,8,19H,5,7,9H2. The van der Waals surface area contributed by atoms with Crippen LogP contribution in [0.3, 0.4) is 0 Å². The molecule has 0 atom stereocenters. The monoisotopic (exact) mass is 272 g/mol. The zero-order valence-electron chi connectivity index (χ0n) is 10.7. The Balaban J connectivity index is 1.87. The normalized spacial score (nSPS) is 13.9. The number of phenolic OH excluding ortho intramolecular Hbond substituents is 1. The van der Waals surface area contributed by atoms with Gasteiger partial charge < -0.3 is 10.0 Å². The van der Waals surface area contributed by atoms with Crippen molar-refractivity contribution in [2.45, 2.75) is 13.0 Å². The van der Waals surface area contributed by atoms with Crippen LogP contribution in [0.25, 0.3) is 0 Å². The molecule has 3 rings (SSSR count). The first kappa shape index (κ1) is 12.6. The van der Waals surface area contributed by atoms with E-state index >= 15 is 0 Å². The average Bonchev–Trinajstić information content (AvgIpc) is 2.46. The van der Waals surface area contributed by atoms with Crippen LogP contribution in [0.4, 0.5) is 4.39 Å². The first-order valence-corrected chi connectivity index (χ1v) is 6.36. The van der Waals surface area contributed by atoms with E-state index in [1.165, 1.54) is 12.3 Å². The topological polar surface area (TPSA) is 53.4 Å². The lowest BCUT2D eigenvalue weighted by Gasteiger charge is -2.29. The summed E-state index contributed by atoms with van der Waals surface area (Å²) in [5, 5.41) is 9.50. The van der Waals surface area contributed by atoms with Crippen LogP contribution in [0.5, 0.6) is 5.75 Å². The minimum Gasteiger partial charge on any atom is -0.508 e. The first-order valence-electron chi connectivity index (χ1n) is 6.36. The zero-order valence-corrected chi connectivity index (χ0v) is 10.7. The highest BCUT2D eigenvalue weighted by atomic mass is 19.1. The lowest BCUT2D eigenvalue weighted by molar-refractivity contribution is 0.0728. The van der Waals surface area contributed by atoms with Gasteiger partial charge in [0.2, 0.25) is 5.95 Å². The van der Waals surface area contributed by atoms with Crippen molar-refractivity contribution in [3.8, 4) is 5.75 Å². The molecule has 1 aromatic carbocycles. The van der Waals surface area contributed by atoms with E-state index in [9.17, 15) is 14.3 Å². The molecule has 2 aromatic rings. The summed E-state index contributed by atoms with van der Waals surface area (Å²) in [6, 6.07) is 8.12. The number of carbonyl (C=O) groups excluding carboxylic acids is 1. The SMILES string of the molecule is O=C(c1cccnc1F)N1CCc2ccc(O)cc2C1. The zero-order chi connectivity index (χ0) is 14.1. The third-order valence-electron chi connectivity index (χ3n) is 3.48. The molecule has 102 valence electrons. The Labute approximate surface area is 115 Å². The molecule has 1 aromatic heterocycles. The fraction of sp³-hybridized carbons (Fsp3) is 0.200. The summed E-state index contributed by atoms with van der Waals surface area (Å²) in [7, 11) is 0. The van der Waals surface area contributed by atoms with E-state index in [0.717, 1.165) is 11.1 Å². The second-order valence-corrected chi connectivity index (χ2v) is 4.77. The van der Waals surface area contributed by atoms with Crippen LogP contribution in [-0.2, 0) is 13.0 Å². The minimum absolute atomic E-state index is 0.0175. The number of aromatic hydroxyl groups is 1. The maximum Gasteiger partial charge on any atom is 0.258 e. The molecular weight excluding hydrogens is 259 g/mol. The molecule has 0 radical (unpaired) electrons. The van der Waals surface area contributed by atoms with E-state index in [2.05, 4.69) is 4.98 Å². The molecule has 1 aliphatic rings. The Hall–Kier alpha value is -2.43. The highest BCUT2D eigenvalue weighted by Crippen LogP contribution is 2.24.